The first-order chi connectivity index (χ1) is 12.9. The van der Waals surface area contributed by atoms with Crippen LogP contribution in [0.15, 0.2) is 5.16 Å². The second-order valence-corrected chi connectivity index (χ2v) is 10.9. The third-order valence-corrected chi connectivity index (χ3v) is 9.65. The highest BCUT2D eigenvalue weighted by molar-refractivity contribution is 5.87. The molecule has 1 unspecified atom stereocenters. The van der Waals surface area contributed by atoms with E-state index in [2.05, 4.69) is 31.2 Å². The smallest absolute Gasteiger partial charge is 0.152 e. The van der Waals surface area contributed by atoms with Crippen molar-refractivity contribution in [2.45, 2.75) is 78.2 Å². The fourth-order valence-electron chi connectivity index (χ4n) is 7.87. The molecule has 5 rings (SSSR count). The van der Waals surface area contributed by atoms with Crippen molar-refractivity contribution >= 4 is 11.5 Å². The topological polar surface area (TPSA) is 50.7 Å². The minimum absolute atomic E-state index is 0.00395. The van der Waals surface area contributed by atoms with E-state index in [0.717, 1.165) is 68.9 Å². The Kier molecular flexibility index (Phi) is 4.24. The molecule has 1 heterocycles. The van der Waals surface area contributed by atoms with E-state index >= 15 is 0 Å². The maximum Gasteiger partial charge on any atom is 0.152 e. The number of hydrogen-bond acceptors (Lipinski definition) is 4. The molecule has 0 amide bonds. The Balaban J connectivity index is 1.36. The lowest BCUT2D eigenvalue weighted by atomic mass is 9.43. The van der Waals surface area contributed by atoms with Gasteiger partial charge in [0.1, 0.15) is 5.78 Å². The van der Waals surface area contributed by atoms with Crippen LogP contribution in [0.1, 0.15) is 72.1 Å². The average Bonchev–Trinajstić information content (AvgIpc) is 2.90. The Bertz CT molecular complexity index is 657. The van der Waals surface area contributed by atoms with E-state index in [4.69, 9.17) is 4.84 Å². The second-order valence-electron chi connectivity index (χ2n) is 10.9. The van der Waals surface area contributed by atoms with Gasteiger partial charge in [-0.1, -0.05) is 25.9 Å². The molecule has 7 atom stereocenters. The van der Waals surface area contributed by atoms with Gasteiger partial charge in [0.05, 0.1) is 5.71 Å². The van der Waals surface area contributed by atoms with Crippen molar-refractivity contribution in [1.29, 1.82) is 0 Å². The molecule has 0 spiro atoms. The van der Waals surface area contributed by atoms with Crippen molar-refractivity contribution in [3.63, 3.8) is 0 Å². The standard InChI is InChI=1S/C23H36N2O2/c1-14-10-17-18-4-5-21(26)23(18,3)9-7-19(17)22(2)8-6-15(11-20(14)22)25-27-16-12-24-13-16/h14,16-20,24H,4-13H2,1-3H3/b25-15-/t14-,17-,18-,19-,20?,22+,23-/m0/s1. The molecule has 1 aliphatic heterocycles. The van der Waals surface area contributed by atoms with Gasteiger partial charge in [0.15, 0.2) is 6.10 Å². The zero-order valence-corrected chi connectivity index (χ0v) is 17.3. The van der Waals surface area contributed by atoms with Gasteiger partial charge in [0, 0.05) is 24.9 Å². The summed E-state index contributed by atoms with van der Waals surface area (Å²) in [4.78, 5) is 18.4. The van der Waals surface area contributed by atoms with E-state index in [0.29, 0.717) is 17.1 Å². The number of carbonyl (C=O) groups is 1. The first-order valence-corrected chi connectivity index (χ1v) is 11.4. The van der Waals surface area contributed by atoms with E-state index in [-0.39, 0.29) is 11.5 Å². The summed E-state index contributed by atoms with van der Waals surface area (Å²) < 4.78 is 0. The van der Waals surface area contributed by atoms with Crippen LogP contribution in [-0.2, 0) is 9.63 Å². The molecule has 4 heteroatoms. The molecule has 0 aromatic rings. The van der Waals surface area contributed by atoms with E-state index in [1.165, 1.54) is 25.0 Å². The monoisotopic (exact) mass is 372 g/mol. The molecule has 4 saturated carbocycles. The van der Waals surface area contributed by atoms with Gasteiger partial charge < -0.3 is 10.2 Å². The van der Waals surface area contributed by atoms with Crippen LogP contribution in [0.4, 0.5) is 0 Å². The number of rotatable bonds is 2. The Labute approximate surface area is 163 Å². The quantitative estimate of drug-likeness (QED) is 0.740. The molecule has 1 saturated heterocycles. The maximum atomic E-state index is 12.6. The van der Waals surface area contributed by atoms with Crippen LogP contribution in [0.3, 0.4) is 0 Å². The Morgan fingerprint density at radius 2 is 1.89 bits per heavy atom. The molecule has 4 nitrogen and oxygen atoms in total. The van der Waals surface area contributed by atoms with Gasteiger partial charge in [-0.15, -0.1) is 0 Å². The molecule has 5 fully saturated rings. The van der Waals surface area contributed by atoms with E-state index in [9.17, 15) is 4.79 Å². The van der Waals surface area contributed by atoms with Crippen LogP contribution >= 0.6 is 0 Å². The number of nitrogens with zero attached hydrogens (tertiary/aromatic N) is 1. The minimum Gasteiger partial charge on any atom is -0.390 e. The highest BCUT2D eigenvalue weighted by Crippen LogP contribution is 2.66. The van der Waals surface area contributed by atoms with Crippen LogP contribution in [-0.4, -0.2) is 30.7 Å². The molecule has 150 valence electrons. The number of Topliss-reactive ketones (excluding diaryl/α,β-unsaturated/α-hetero) is 1. The number of fused-ring (bicyclic) bond motifs is 5. The van der Waals surface area contributed by atoms with Crippen LogP contribution < -0.4 is 5.32 Å². The highest BCUT2D eigenvalue weighted by Gasteiger charge is 2.61. The van der Waals surface area contributed by atoms with Gasteiger partial charge >= 0.3 is 0 Å². The van der Waals surface area contributed by atoms with Gasteiger partial charge in [-0.2, -0.15) is 0 Å². The summed E-state index contributed by atoms with van der Waals surface area (Å²) in [6.45, 7) is 9.23. The van der Waals surface area contributed by atoms with Crippen molar-refractivity contribution in [3.05, 3.63) is 0 Å². The fourth-order valence-corrected chi connectivity index (χ4v) is 7.87. The molecular formula is C23H36N2O2. The zero-order valence-electron chi connectivity index (χ0n) is 17.3. The van der Waals surface area contributed by atoms with E-state index in [1.54, 1.807) is 0 Å². The first kappa shape index (κ1) is 18.1. The summed E-state index contributed by atoms with van der Waals surface area (Å²) >= 11 is 0. The highest BCUT2D eigenvalue weighted by atomic mass is 16.6. The van der Waals surface area contributed by atoms with Crippen molar-refractivity contribution in [2.75, 3.05) is 13.1 Å². The summed E-state index contributed by atoms with van der Waals surface area (Å²) in [6.07, 6.45) is 9.47. The van der Waals surface area contributed by atoms with E-state index < -0.39 is 0 Å². The third kappa shape index (κ3) is 2.65. The van der Waals surface area contributed by atoms with E-state index in [1.807, 2.05) is 0 Å². The Hall–Kier alpha value is -0.900. The SMILES string of the molecule is C[C@H]1C[C@@H]2[C@H](CC[C@]3(C)C(=O)CC[C@@H]23)[C@@]2(C)CC/C(=N/OC3CNC3)CC12. The van der Waals surface area contributed by atoms with Gasteiger partial charge in [-0.05, 0) is 80.0 Å². The molecule has 5 aliphatic rings. The Morgan fingerprint density at radius 1 is 1.07 bits per heavy atom. The van der Waals surface area contributed by atoms with Crippen molar-refractivity contribution in [1.82, 2.24) is 5.32 Å². The number of ketones is 1. The summed E-state index contributed by atoms with van der Waals surface area (Å²) in [7, 11) is 0. The molecule has 1 N–H and O–H groups in total. The van der Waals surface area contributed by atoms with Crippen molar-refractivity contribution in [2.24, 2.45) is 45.6 Å². The predicted octanol–water partition coefficient (Wildman–Crippen LogP) is 4.19. The van der Waals surface area contributed by atoms with Crippen LogP contribution in [0, 0.1) is 40.4 Å². The van der Waals surface area contributed by atoms with Crippen molar-refractivity contribution in [3.8, 4) is 0 Å². The predicted molar refractivity (Wildman–Crippen MR) is 106 cm³/mol. The fraction of sp³-hybridized carbons (Fsp3) is 0.913. The van der Waals surface area contributed by atoms with Crippen LogP contribution in [0.25, 0.3) is 0 Å². The van der Waals surface area contributed by atoms with Gasteiger partial charge in [-0.3, -0.25) is 4.79 Å². The first-order valence-electron chi connectivity index (χ1n) is 11.4. The number of carbonyl (C=O) groups excluding carboxylic acids is 1. The molecule has 0 aromatic heterocycles. The number of hydrogen-bond donors (Lipinski definition) is 1. The van der Waals surface area contributed by atoms with Gasteiger partial charge in [0.2, 0.25) is 0 Å². The normalized spacial score (nSPS) is 51.3. The molecule has 4 aliphatic carbocycles. The largest absolute Gasteiger partial charge is 0.390 e. The summed E-state index contributed by atoms with van der Waals surface area (Å²) in [5.74, 6) is 4.24. The zero-order chi connectivity index (χ0) is 18.8. The lowest BCUT2D eigenvalue weighted by molar-refractivity contribution is -0.141. The summed E-state index contributed by atoms with van der Waals surface area (Å²) in [6, 6.07) is 0. The molecular weight excluding hydrogens is 336 g/mol. The minimum atomic E-state index is -0.00395. The maximum absolute atomic E-state index is 12.6. The van der Waals surface area contributed by atoms with Crippen LogP contribution in [0.5, 0.6) is 0 Å². The summed E-state index contributed by atoms with van der Waals surface area (Å²) in [5.41, 5.74) is 1.72. The molecule has 0 radical (unpaired) electrons. The molecule has 0 bridgehead atoms. The number of oxime groups is 1. The molecule has 27 heavy (non-hydrogen) atoms. The molecule has 0 aromatic carbocycles. The average molecular weight is 373 g/mol. The lowest BCUT2D eigenvalue weighted by Gasteiger charge is -2.61. The summed E-state index contributed by atoms with van der Waals surface area (Å²) in [5, 5.41) is 7.82. The second kappa shape index (κ2) is 6.30. The lowest BCUT2D eigenvalue weighted by Crippen LogP contribution is -2.56. The number of nitrogens with one attached hydrogen (secondary N) is 1. The van der Waals surface area contributed by atoms with Gasteiger partial charge in [0.25, 0.3) is 0 Å². The van der Waals surface area contributed by atoms with Gasteiger partial charge in [-0.25, -0.2) is 0 Å². The third-order valence-electron chi connectivity index (χ3n) is 9.65. The van der Waals surface area contributed by atoms with Crippen LogP contribution in [0.2, 0.25) is 0 Å². The van der Waals surface area contributed by atoms with Crippen molar-refractivity contribution < 1.29 is 9.63 Å². The Morgan fingerprint density at radius 3 is 2.63 bits per heavy atom.